The van der Waals surface area contributed by atoms with Gasteiger partial charge in [-0.05, 0) is 31.2 Å². The summed E-state index contributed by atoms with van der Waals surface area (Å²) in [6.07, 6.45) is 4.78. The molecule has 1 aliphatic heterocycles. The van der Waals surface area contributed by atoms with Crippen LogP contribution >= 0.6 is 0 Å². The topological polar surface area (TPSA) is 111 Å². The molecular formula is C18H21N3O5. The van der Waals surface area contributed by atoms with Crippen LogP contribution in [0.5, 0.6) is 0 Å². The van der Waals surface area contributed by atoms with E-state index in [1.165, 1.54) is 24.3 Å². The summed E-state index contributed by atoms with van der Waals surface area (Å²) in [4.78, 5) is 34.9. The summed E-state index contributed by atoms with van der Waals surface area (Å²) in [5.74, 6) is -1.24. The van der Waals surface area contributed by atoms with Crippen LogP contribution < -0.4 is 10.6 Å². The van der Waals surface area contributed by atoms with Crippen LogP contribution in [0.2, 0.25) is 0 Å². The van der Waals surface area contributed by atoms with Crippen LogP contribution in [0.25, 0.3) is 0 Å². The van der Waals surface area contributed by atoms with Gasteiger partial charge < -0.3 is 15.4 Å². The highest BCUT2D eigenvalue weighted by Crippen LogP contribution is 2.32. The zero-order valence-corrected chi connectivity index (χ0v) is 14.3. The quantitative estimate of drug-likeness (QED) is 0.488. The smallest absolute Gasteiger partial charge is 0.319 e. The second-order valence-electron chi connectivity index (χ2n) is 6.62. The number of esters is 1. The summed E-state index contributed by atoms with van der Waals surface area (Å²) in [6.45, 7) is 3.80. The summed E-state index contributed by atoms with van der Waals surface area (Å²) >= 11 is 0. The Labute approximate surface area is 150 Å². The fourth-order valence-electron chi connectivity index (χ4n) is 3.46. The molecular weight excluding hydrogens is 338 g/mol. The minimum atomic E-state index is -0.795. The van der Waals surface area contributed by atoms with Crippen molar-refractivity contribution in [2.75, 3.05) is 0 Å². The Hall–Kier alpha value is -2.90. The van der Waals surface area contributed by atoms with Crippen LogP contribution in [0.1, 0.15) is 43.7 Å². The van der Waals surface area contributed by atoms with Crippen LogP contribution in [0.15, 0.2) is 36.5 Å². The molecule has 0 aromatic heterocycles. The van der Waals surface area contributed by atoms with E-state index in [0.29, 0.717) is 5.56 Å². The van der Waals surface area contributed by atoms with Gasteiger partial charge in [-0.2, -0.15) is 0 Å². The third kappa shape index (κ3) is 3.84. The molecule has 0 radical (unpaired) electrons. The highest BCUT2D eigenvalue weighted by Gasteiger charge is 2.40. The molecule has 2 aliphatic rings. The predicted octanol–water partition coefficient (Wildman–Crippen LogP) is 2.95. The molecule has 1 heterocycles. The van der Waals surface area contributed by atoms with Gasteiger partial charge in [0.15, 0.2) is 0 Å². The zero-order chi connectivity index (χ0) is 18.7. The lowest BCUT2D eigenvalue weighted by Crippen LogP contribution is -2.51. The molecule has 1 aromatic carbocycles. The van der Waals surface area contributed by atoms with Crippen molar-refractivity contribution in [3.63, 3.8) is 0 Å². The number of benzene rings is 1. The van der Waals surface area contributed by atoms with Gasteiger partial charge in [0.25, 0.3) is 5.69 Å². The van der Waals surface area contributed by atoms with E-state index in [2.05, 4.69) is 17.2 Å². The minimum Gasteiger partial charge on any atom is -0.462 e. The number of ether oxygens (including phenoxy) is 1. The first-order chi connectivity index (χ1) is 12.5. The van der Waals surface area contributed by atoms with Gasteiger partial charge in [-0.15, -0.1) is 0 Å². The first kappa shape index (κ1) is 17.9. The number of carbonyl (C=O) groups excluding carboxylic acids is 2. The average Bonchev–Trinajstić information content (AvgIpc) is 2.61. The number of non-ortho nitro benzene ring substituents is 1. The van der Waals surface area contributed by atoms with Gasteiger partial charge in [0.1, 0.15) is 12.0 Å². The summed E-state index contributed by atoms with van der Waals surface area (Å²) < 4.78 is 5.65. The van der Waals surface area contributed by atoms with Crippen molar-refractivity contribution in [3.05, 3.63) is 52.2 Å². The molecule has 8 heteroatoms. The molecule has 1 aliphatic carbocycles. The van der Waals surface area contributed by atoms with E-state index in [1.54, 1.807) is 0 Å². The summed E-state index contributed by atoms with van der Waals surface area (Å²) in [7, 11) is 0. The van der Waals surface area contributed by atoms with Gasteiger partial charge in [-0.3, -0.25) is 14.9 Å². The van der Waals surface area contributed by atoms with Gasteiger partial charge in [0.05, 0.1) is 11.0 Å². The standard InChI is InChI=1S/C18H21N3O5/c1-11-15(17(22)26-14-5-3-2-4-6-14)16(20-18(23)19-11)12-7-9-13(10-8-12)21(24)25/h7-10,14-16H,1-6H2,(H2,19,20,23). The van der Waals surface area contributed by atoms with Crippen LogP contribution in [0.4, 0.5) is 10.5 Å². The molecule has 26 heavy (non-hydrogen) atoms. The first-order valence-electron chi connectivity index (χ1n) is 8.67. The van der Waals surface area contributed by atoms with Gasteiger partial charge in [0.2, 0.25) is 0 Å². The molecule has 8 nitrogen and oxygen atoms in total. The number of hydrogen-bond acceptors (Lipinski definition) is 5. The molecule has 138 valence electrons. The SMILES string of the molecule is C=C1NC(=O)NC(c2ccc([N+](=O)[O-])cc2)C1C(=O)OC1CCCCC1. The van der Waals surface area contributed by atoms with Crippen LogP contribution in [0, 0.1) is 16.0 Å². The third-order valence-electron chi connectivity index (χ3n) is 4.82. The average molecular weight is 359 g/mol. The first-order valence-corrected chi connectivity index (χ1v) is 8.67. The maximum Gasteiger partial charge on any atom is 0.319 e. The maximum atomic E-state index is 12.8. The van der Waals surface area contributed by atoms with Crippen LogP contribution in [-0.2, 0) is 9.53 Å². The van der Waals surface area contributed by atoms with Crippen molar-refractivity contribution in [1.29, 1.82) is 0 Å². The molecule has 1 saturated heterocycles. The highest BCUT2D eigenvalue weighted by atomic mass is 16.6. The Kier molecular flexibility index (Phi) is 5.20. The summed E-state index contributed by atoms with van der Waals surface area (Å²) in [6, 6.07) is 4.59. The van der Waals surface area contributed by atoms with E-state index < -0.39 is 28.9 Å². The number of amides is 2. The lowest BCUT2D eigenvalue weighted by molar-refractivity contribution is -0.384. The van der Waals surface area contributed by atoms with E-state index in [-0.39, 0.29) is 17.5 Å². The van der Waals surface area contributed by atoms with Gasteiger partial charge >= 0.3 is 12.0 Å². The van der Waals surface area contributed by atoms with Crippen molar-refractivity contribution in [3.8, 4) is 0 Å². The minimum absolute atomic E-state index is 0.0610. The number of urea groups is 1. The second kappa shape index (κ2) is 7.55. The second-order valence-corrected chi connectivity index (χ2v) is 6.62. The molecule has 3 rings (SSSR count). The van der Waals surface area contributed by atoms with Crippen molar-refractivity contribution < 1.29 is 19.2 Å². The van der Waals surface area contributed by atoms with Crippen LogP contribution in [0.3, 0.4) is 0 Å². The summed E-state index contributed by atoms with van der Waals surface area (Å²) in [5, 5.41) is 16.0. The molecule has 1 aromatic rings. The molecule has 2 unspecified atom stereocenters. The van der Waals surface area contributed by atoms with Crippen molar-refractivity contribution >= 4 is 17.7 Å². The molecule has 1 saturated carbocycles. The fraction of sp³-hybridized carbons (Fsp3) is 0.444. The largest absolute Gasteiger partial charge is 0.462 e. The zero-order valence-electron chi connectivity index (χ0n) is 14.3. The third-order valence-corrected chi connectivity index (χ3v) is 4.82. The number of nitro benzene ring substituents is 1. The van der Waals surface area contributed by atoms with E-state index >= 15 is 0 Å². The lowest BCUT2D eigenvalue weighted by Gasteiger charge is -2.34. The molecule has 2 amide bonds. The fourth-order valence-corrected chi connectivity index (χ4v) is 3.46. The Morgan fingerprint density at radius 3 is 2.46 bits per heavy atom. The number of hydrogen-bond donors (Lipinski definition) is 2. The van der Waals surface area contributed by atoms with Crippen molar-refractivity contribution in [1.82, 2.24) is 10.6 Å². The van der Waals surface area contributed by atoms with E-state index in [1.807, 2.05) is 0 Å². The Morgan fingerprint density at radius 2 is 1.85 bits per heavy atom. The van der Waals surface area contributed by atoms with Crippen LogP contribution in [-0.4, -0.2) is 23.0 Å². The molecule has 2 N–H and O–H groups in total. The van der Waals surface area contributed by atoms with E-state index in [9.17, 15) is 19.7 Å². The van der Waals surface area contributed by atoms with Gasteiger partial charge in [-0.25, -0.2) is 4.79 Å². The van der Waals surface area contributed by atoms with Gasteiger partial charge in [-0.1, -0.05) is 25.1 Å². The number of carbonyl (C=O) groups is 2. The number of rotatable bonds is 4. The van der Waals surface area contributed by atoms with Crippen molar-refractivity contribution in [2.45, 2.75) is 44.2 Å². The Morgan fingerprint density at radius 1 is 1.19 bits per heavy atom. The number of nitrogens with one attached hydrogen (secondary N) is 2. The van der Waals surface area contributed by atoms with E-state index in [4.69, 9.17) is 4.74 Å². The predicted molar refractivity (Wildman–Crippen MR) is 93.1 cm³/mol. The lowest BCUT2D eigenvalue weighted by atomic mass is 9.88. The molecule has 2 fully saturated rings. The van der Waals surface area contributed by atoms with Crippen molar-refractivity contribution in [2.24, 2.45) is 5.92 Å². The number of nitrogens with zero attached hydrogens (tertiary/aromatic N) is 1. The Balaban J connectivity index is 1.81. The summed E-state index contributed by atoms with van der Waals surface area (Å²) in [5.41, 5.74) is 0.782. The molecule has 0 bridgehead atoms. The van der Waals surface area contributed by atoms with E-state index in [0.717, 1.165) is 32.1 Å². The molecule has 0 spiro atoms. The maximum absolute atomic E-state index is 12.8. The monoisotopic (exact) mass is 359 g/mol. The highest BCUT2D eigenvalue weighted by molar-refractivity contribution is 5.85. The normalized spacial score (nSPS) is 23.7. The van der Waals surface area contributed by atoms with Gasteiger partial charge in [0, 0.05) is 17.8 Å². The molecule has 2 atom stereocenters. The Bertz CT molecular complexity index is 725. The number of nitro groups is 1.